The number of hydrogen-bond donors (Lipinski definition) is 2. The minimum Gasteiger partial charge on any atom is -0.509 e. The molecule has 5 nitrogen and oxygen atoms in total. The van der Waals surface area contributed by atoms with Gasteiger partial charge in [-0.25, -0.2) is 0 Å². The van der Waals surface area contributed by atoms with Crippen LogP contribution in [0, 0.1) is 6.07 Å². The predicted molar refractivity (Wildman–Crippen MR) is 75.4 cm³/mol. The largest absolute Gasteiger partial charge is 0.509 e. The maximum atomic E-state index is 12.2. The van der Waals surface area contributed by atoms with E-state index in [4.69, 9.17) is 11.6 Å². The van der Waals surface area contributed by atoms with E-state index in [1.807, 2.05) is 0 Å². The normalized spacial score (nSPS) is 17.6. The molecule has 0 aliphatic carbocycles. The minimum absolute atomic E-state index is 0.235. The van der Waals surface area contributed by atoms with Crippen LogP contribution in [0.25, 0.3) is 0 Å². The maximum absolute atomic E-state index is 12.2. The lowest BCUT2D eigenvalue weighted by atomic mass is 10.0. The summed E-state index contributed by atoms with van der Waals surface area (Å²) in [5, 5.41) is 12.8. The molecule has 6 heteroatoms. The molecule has 1 heterocycles. The highest BCUT2D eigenvalue weighted by Crippen LogP contribution is 2.33. The van der Waals surface area contributed by atoms with E-state index in [0.717, 1.165) is 0 Å². The second-order valence-corrected chi connectivity index (χ2v) is 5.38. The van der Waals surface area contributed by atoms with Gasteiger partial charge in [-0.2, -0.15) is 0 Å². The molecule has 2 N–H and O–H groups in total. The average molecular weight is 294 g/mol. The summed E-state index contributed by atoms with van der Waals surface area (Å²) in [5.74, 6) is -1.47. The average Bonchev–Trinajstić information content (AvgIpc) is 2.54. The Kier molecular flexibility index (Phi) is 3.48. The molecule has 0 atom stereocenters. The van der Waals surface area contributed by atoms with Crippen molar-refractivity contribution in [3.05, 3.63) is 40.6 Å². The minimum atomic E-state index is -0.906. The lowest BCUT2D eigenvalue weighted by Gasteiger charge is -2.27. The third kappa shape index (κ3) is 2.14. The van der Waals surface area contributed by atoms with E-state index in [1.165, 1.54) is 11.9 Å². The van der Waals surface area contributed by atoms with Crippen LogP contribution < -0.4 is 5.32 Å². The molecule has 1 aliphatic heterocycles. The van der Waals surface area contributed by atoms with Gasteiger partial charge in [0.15, 0.2) is 0 Å². The van der Waals surface area contributed by atoms with Gasteiger partial charge < -0.3 is 15.3 Å². The monoisotopic (exact) mass is 293 g/mol. The zero-order valence-corrected chi connectivity index (χ0v) is 12.1. The standard InChI is InChI=1S/C14H14ClN2O3/c1-14(2)11(18)10(13(20)17(14)3)12(19)16-9-7-5-4-6-8(9)15/h4-5,7,18H,1-3H3,(H,16,19). The number of benzene rings is 1. The fourth-order valence-electron chi connectivity index (χ4n) is 1.89. The first kappa shape index (κ1) is 14.4. The third-order valence-corrected chi connectivity index (χ3v) is 3.77. The first-order valence-corrected chi connectivity index (χ1v) is 6.34. The molecule has 2 rings (SSSR count). The van der Waals surface area contributed by atoms with Gasteiger partial charge in [0.05, 0.1) is 16.2 Å². The van der Waals surface area contributed by atoms with Crippen LogP contribution in [0.15, 0.2) is 29.5 Å². The van der Waals surface area contributed by atoms with Gasteiger partial charge in [0.25, 0.3) is 11.8 Å². The van der Waals surface area contributed by atoms with Gasteiger partial charge in [0, 0.05) is 13.1 Å². The Labute approximate surface area is 121 Å². The van der Waals surface area contributed by atoms with E-state index in [9.17, 15) is 14.7 Å². The van der Waals surface area contributed by atoms with Crippen LogP contribution in [0.4, 0.5) is 5.69 Å². The number of aliphatic hydroxyl groups excluding tert-OH is 1. The maximum Gasteiger partial charge on any atom is 0.264 e. The first-order valence-electron chi connectivity index (χ1n) is 5.96. The van der Waals surface area contributed by atoms with Gasteiger partial charge in [0.1, 0.15) is 11.3 Å². The van der Waals surface area contributed by atoms with E-state index in [-0.39, 0.29) is 16.4 Å². The molecule has 105 valence electrons. The van der Waals surface area contributed by atoms with Crippen molar-refractivity contribution in [3.63, 3.8) is 0 Å². The molecule has 2 amide bonds. The van der Waals surface area contributed by atoms with Gasteiger partial charge in [0.2, 0.25) is 0 Å². The van der Waals surface area contributed by atoms with E-state index < -0.39 is 17.4 Å². The molecule has 1 aromatic rings. The molecule has 0 unspecified atom stereocenters. The number of aliphatic hydroxyl groups is 1. The van der Waals surface area contributed by atoms with Crippen molar-refractivity contribution in [2.75, 3.05) is 12.4 Å². The Balaban J connectivity index is 2.33. The van der Waals surface area contributed by atoms with Crippen molar-refractivity contribution in [3.8, 4) is 0 Å². The Morgan fingerprint density at radius 3 is 2.65 bits per heavy atom. The van der Waals surface area contributed by atoms with Crippen LogP contribution in [-0.2, 0) is 9.59 Å². The van der Waals surface area contributed by atoms with E-state index >= 15 is 0 Å². The quantitative estimate of drug-likeness (QED) is 0.821. The molecule has 0 spiro atoms. The van der Waals surface area contributed by atoms with Crippen molar-refractivity contribution < 1.29 is 14.7 Å². The van der Waals surface area contributed by atoms with Gasteiger partial charge in [-0.3, -0.25) is 9.59 Å². The number of carbonyl (C=O) groups is 2. The Bertz CT molecular complexity index is 623. The summed E-state index contributed by atoms with van der Waals surface area (Å²) in [4.78, 5) is 25.5. The number of halogens is 1. The molecule has 1 aliphatic rings. The zero-order valence-electron chi connectivity index (χ0n) is 11.3. The van der Waals surface area contributed by atoms with Crippen molar-refractivity contribution in [2.24, 2.45) is 0 Å². The topological polar surface area (TPSA) is 69.6 Å². The molecular weight excluding hydrogens is 280 g/mol. The number of rotatable bonds is 2. The molecule has 0 saturated carbocycles. The van der Waals surface area contributed by atoms with Gasteiger partial charge in [-0.05, 0) is 19.9 Å². The molecule has 0 aromatic heterocycles. The number of nitrogens with zero attached hydrogens (tertiary/aromatic N) is 1. The van der Waals surface area contributed by atoms with Crippen LogP contribution in [0.3, 0.4) is 0 Å². The summed E-state index contributed by atoms with van der Waals surface area (Å²) in [6.45, 7) is 3.31. The second kappa shape index (κ2) is 4.83. The van der Waals surface area contributed by atoms with Crippen LogP contribution >= 0.6 is 11.6 Å². The van der Waals surface area contributed by atoms with Gasteiger partial charge >= 0.3 is 0 Å². The zero-order chi connectivity index (χ0) is 15.1. The summed E-state index contributed by atoms with van der Waals surface area (Å²) >= 11 is 5.89. The summed E-state index contributed by atoms with van der Waals surface area (Å²) < 4.78 is 0. The van der Waals surface area contributed by atoms with E-state index in [2.05, 4.69) is 11.4 Å². The smallest absolute Gasteiger partial charge is 0.264 e. The fourth-order valence-corrected chi connectivity index (χ4v) is 2.06. The SMILES string of the molecule is CN1C(=O)C(C(=O)Nc2ccc[c]c2Cl)=C(O)C1(C)C. The fraction of sp³-hybridized carbons (Fsp3) is 0.286. The van der Waals surface area contributed by atoms with Crippen LogP contribution in [0.5, 0.6) is 0 Å². The lowest BCUT2D eigenvalue weighted by molar-refractivity contribution is -0.129. The van der Waals surface area contributed by atoms with Gasteiger partial charge in [-0.15, -0.1) is 0 Å². The molecule has 20 heavy (non-hydrogen) atoms. The Morgan fingerprint density at radius 2 is 2.15 bits per heavy atom. The summed E-state index contributed by atoms with van der Waals surface area (Å²) in [7, 11) is 1.53. The van der Waals surface area contributed by atoms with Crippen LogP contribution in [0.1, 0.15) is 13.8 Å². The summed E-state index contributed by atoms with van der Waals surface area (Å²) in [6.07, 6.45) is 0. The van der Waals surface area contributed by atoms with E-state index in [0.29, 0.717) is 5.69 Å². The van der Waals surface area contributed by atoms with E-state index in [1.54, 1.807) is 32.0 Å². The molecular formula is C14H14ClN2O3. The van der Waals surface area contributed by atoms with Crippen LogP contribution in [0.2, 0.25) is 5.02 Å². The molecule has 1 aromatic carbocycles. The number of carbonyl (C=O) groups excluding carboxylic acids is 2. The molecule has 0 bridgehead atoms. The highest BCUT2D eigenvalue weighted by Gasteiger charge is 2.46. The second-order valence-electron chi connectivity index (χ2n) is 5.00. The van der Waals surface area contributed by atoms with Crippen molar-refractivity contribution in [2.45, 2.75) is 19.4 Å². The molecule has 0 saturated heterocycles. The predicted octanol–water partition coefficient (Wildman–Crippen LogP) is 2.14. The Hall–Kier alpha value is -2.01. The summed E-state index contributed by atoms with van der Waals surface area (Å²) in [5.41, 5.74) is -0.840. The number of likely N-dealkylation sites (N-methyl/N-ethyl adjacent to an activating group) is 1. The van der Waals surface area contributed by atoms with Gasteiger partial charge in [-0.1, -0.05) is 23.7 Å². The number of amides is 2. The third-order valence-electron chi connectivity index (χ3n) is 3.45. The number of nitrogens with one attached hydrogen (secondary N) is 1. The molecule has 0 fully saturated rings. The van der Waals surface area contributed by atoms with Crippen molar-refractivity contribution in [1.82, 2.24) is 4.90 Å². The van der Waals surface area contributed by atoms with Crippen LogP contribution in [-0.4, -0.2) is 34.4 Å². The molecule has 1 radical (unpaired) electrons. The first-order chi connectivity index (χ1) is 9.26. The highest BCUT2D eigenvalue weighted by molar-refractivity contribution is 6.34. The lowest BCUT2D eigenvalue weighted by Crippen LogP contribution is -2.40. The summed E-state index contributed by atoms with van der Waals surface area (Å²) in [6, 6.07) is 7.56. The number of anilines is 1. The van der Waals surface area contributed by atoms with Crippen molar-refractivity contribution >= 4 is 29.1 Å². The Morgan fingerprint density at radius 1 is 1.50 bits per heavy atom. The number of hydrogen-bond acceptors (Lipinski definition) is 3. The van der Waals surface area contributed by atoms with Crippen molar-refractivity contribution in [1.29, 1.82) is 0 Å². The highest BCUT2D eigenvalue weighted by atomic mass is 35.5.